The third-order valence-electron chi connectivity index (χ3n) is 7.32. The van der Waals surface area contributed by atoms with E-state index in [1.165, 1.54) is 0 Å². The van der Waals surface area contributed by atoms with Crippen LogP contribution in [0.15, 0.2) is 72.8 Å². The van der Waals surface area contributed by atoms with Gasteiger partial charge in [-0.15, -0.1) is 0 Å². The molecule has 0 aliphatic carbocycles. The van der Waals surface area contributed by atoms with Gasteiger partial charge < -0.3 is 25.3 Å². The van der Waals surface area contributed by atoms with Crippen LogP contribution < -0.4 is 15.1 Å². The Hall–Kier alpha value is -3.68. The van der Waals surface area contributed by atoms with Crippen molar-refractivity contribution in [3.8, 4) is 0 Å². The highest BCUT2D eigenvalue weighted by Crippen LogP contribution is 2.23. The number of amides is 1. The molecule has 2 aliphatic rings. The average Bonchev–Trinajstić information content (AvgIpc) is 2.94. The second-order valence-corrected chi connectivity index (χ2v) is 9.89. The summed E-state index contributed by atoms with van der Waals surface area (Å²) in [4.78, 5) is 30.1. The first kappa shape index (κ1) is 25.0. The summed E-state index contributed by atoms with van der Waals surface area (Å²) in [6, 6.07) is 22.0. The van der Waals surface area contributed by atoms with Gasteiger partial charge in [-0.05, 0) is 98.5 Å². The minimum Gasteiger partial charge on any atom is -0.393 e. The fraction of sp³-hybridized carbons (Fsp3) is 0.333. The van der Waals surface area contributed by atoms with Crippen LogP contribution in [0.3, 0.4) is 0 Å². The van der Waals surface area contributed by atoms with Crippen molar-refractivity contribution in [3.05, 3.63) is 89.5 Å². The number of hydrogen-bond acceptors (Lipinski definition) is 6. The summed E-state index contributed by atoms with van der Waals surface area (Å²) < 4.78 is 0. The maximum atomic E-state index is 13.0. The summed E-state index contributed by atoms with van der Waals surface area (Å²) in [5, 5.41) is 22.3. The lowest BCUT2D eigenvalue weighted by Crippen LogP contribution is -2.35. The van der Waals surface area contributed by atoms with Gasteiger partial charge >= 0.3 is 0 Å². The number of hydrogen-bond donors (Lipinski definition) is 3. The lowest BCUT2D eigenvalue weighted by Gasteiger charge is -2.31. The van der Waals surface area contributed by atoms with Crippen molar-refractivity contribution < 1.29 is 19.8 Å². The molecule has 7 heteroatoms. The minimum absolute atomic E-state index is 0.0701. The Kier molecular flexibility index (Phi) is 7.53. The largest absolute Gasteiger partial charge is 0.393 e. The van der Waals surface area contributed by atoms with Gasteiger partial charge in [0.15, 0.2) is 5.78 Å². The van der Waals surface area contributed by atoms with Crippen LogP contribution in [0.1, 0.15) is 52.0 Å². The molecule has 2 heterocycles. The highest BCUT2D eigenvalue weighted by Gasteiger charge is 2.19. The summed E-state index contributed by atoms with van der Waals surface area (Å²) in [5.41, 5.74) is 4.46. The van der Waals surface area contributed by atoms with Crippen LogP contribution in [0.4, 0.5) is 17.1 Å². The Morgan fingerprint density at radius 1 is 0.595 bits per heavy atom. The molecule has 1 amide bonds. The fourth-order valence-corrected chi connectivity index (χ4v) is 4.97. The zero-order valence-electron chi connectivity index (χ0n) is 20.8. The molecule has 2 saturated heterocycles. The summed E-state index contributed by atoms with van der Waals surface area (Å²) >= 11 is 0. The highest BCUT2D eigenvalue weighted by molar-refractivity contribution is 6.09. The van der Waals surface area contributed by atoms with E-state index in [1.807, 2.05) is 48.5 Å². The number of nitrogens with one attached hydrogen (secondary N) is 1. The number of benzene rings is 3. The first-order valence-corrected chi connectivity index (χ1v) is 13.0. The van der Waals surface area contributed by atoms with Crippen LogP contribution in [0.25, 0.3) is 0 Å². The van der Waals surface area contributed by atoms with Crippen molar-refractivity contribution in [2.75, 3.05) is 41.3 Å². The maximum Gasteiger partial charge on any atom is 0.255 e. The topological polar surface area (TPSA) is 93.1 Å². The normalized spacial score (nSPS) is 17.0. The SMILES string of the molecule is O=C(Nc1ccc(C(=O)c2ccc(N3CCC(O)CC3)cc2)cc1)c1ccc(N2CCC(O)CC2)cc1. The van der Waals surface area contributed by atoms with E-state index in [-0.39, 0.29) is 23.9 Å². The second-order valence-electron chi connectivity index (χ2n) is 9.89. The van der Waals surface area contributed by atoms with Crippen LogP contribution >= 0.6 is 0 Å². The second kappa shape index (κ2) is 11.2. The number of nitrogens with zero attached hydrogens (tertiary/aromatic N) is 2. The van der Waals surface area contributed by atoms with Gasteiger partial charge in [0, 0.05) is 59.9 Å². The van der Waals surface area contributed by atoms with E-state index in [2.05, 4.69) is 15.1 Å². The summed E-state index contributed by atoms with van der Waals surface area (Å²) in [6.45, 7) is 3.25. The van der Waals surface area contributed by atoms with Crippen LogP contribution in [0, 0.1) is 0 Å². The molecule has 192 valence electrons. The van der Waals surface area contributed by atoms with Gasteiger partial charge in [-0.2, -0.15) is 0 Å². The molecule has 3 N–H and O–H groups in total. The van der Waals surface area contributed by atoms with Gasteiger partial charge in [0.2, 0.25) is 0 Å². The molecular formula is C30H33N3O4. The number of aliphatic hydroxyl groups excluding tert-OH is 2. The Bertz CT molecular complexity index is 1210. The maximum absolute atomic E-state index is 13.0. The monoisotopic (exact) mass is 499 g/mol. The average molecular weight is 500 g/mol. The van der Waals surface area contributed by atoms with Crippen LogP contribution in [0.2, 0.25) is 0 Å². The van der Waals surface area contributed by atoms with Crippen molar-refractivity contribution in [3.63, 3.8) is 0 Å². The van der Waals surface area contributed by atoms with Crippen molar-refractivity contribution in [1.29, 1.82) is 0 Å². The van der Waals surface area contributed by atoms with Gasteiger partial charge in [-0.1, -0.05) is 0 Å². The van der Waals surface area contributed by atoms with Gasteiger partial charge in [0.25, 0.3) is 5.91 Å². The zero-order chi connectivity index (χ0) is 25.8. The molecular weight excluding hydrogens is 466 g/mol. The van der Waals surface area contributed by atoms with E-state index in [4.69, 9.17) is 0 Å². The predicted octanol–water partition coefficient (Wildman–Crippen LogP) is 4.09. The summed E-state index contributed by atoms with van der Waals surface area (Å²) in [5.74, 6) is -0.278. The molecule has 3 aromatic rings. The molecule has 0 bridgehead atoms. The first-order valence-electron chi connectivity index (χ1n) is 13.0. The van der Waals surface area contributed by atoms with E-state index in [0.717, 1.165) is 63.2 Å². The molecule has 0 atom stereocenters. The number of aliphatic hydroxyl groups is 2. The molecule has 2 fully saturated rings. The van der Waals surface area contributed by atoms with Crippen LogP contribution in [-0.4, -0.2) is 60.3 Å². The van der Waals surface area contributed by atoms with E-state index in [1.54, 1.807) is 24.3 Å². The Morgan fingerprint density at radius 2 is 0.973 bits per heavy atom. The Morgan fingerprint density at radius 3 is 1.41 bits per heavy atom. The lowest BCUT2D eigenvalue weighted by atomic mass is 10.0. The van der Waals surface area contributed by atoms with Crippen molar-refractivity contribution >= 4 is 28.8 Å². The summed E-state index contributed by atoms with van der Waals surface area (Å²) in [6.07, 6.45) is 2.61. The molecule has 37 heavy (non-hydrogen) atoms. The van der Waals surface area contributed by atoms with Gasteiger partial charge in [-0.3, -0.25) is 9.59 Å². The van der Waals surface area contributed by atoms with E-state index >= 15 is 0 Å². The molecule has 0 saturated carbocycles. The van der Waals surface area contributed by atoms with Gasteiger partial charge in [-0.25, -0.2) is 0 Å². The van der Waals surface area contributed by atoms with Crippen molar-refractivity contribution in [2.24, 2.45) is 0 Å². The first-order chi connectivity index (χ1) is 18.0. The number of rotatable bonds is 6. The molecule has 7 nitrogen and oxygen atoms in total. The minimum atomic E-state index is -0.218. The molecule has 0 unspecified atom stereocenters. The number of ketones is 1. The van der Waals surface area contributed by atoms with Crippen LogP contribution in [-0.2, 0) is 0 Å². The van der Waals surface area contributed by atoms with E-state index < -0.39 is 0 Å². The molecule has 2 aliphatic heterocycles. The van der Waals surface area contributed by atoms with E-state index in [9.17, 15) is 19.8 Å². The quantitative estimate of drug-likeness (QED) is 0.443. The zero-order valence-corrected chi connectivity index (χ0v) is 20.8. The predicted molar refractivity (Wildman–Crippen MR) is 146 cm³/mol. The Balaban J connectivity index is 1.17. The molecule has 0 spiro atoms. The third-order valence-corrected chi connectivity index (χ3v) is 7.32. The molecule has 3 aromatic carbocycles. The third kappa shape index (κ3) is 6.01. The van der Waals surface area contributed by atoms with Crippen LogP contribution in [0.5, 0.6) is 0 Å². The smallest absolute Gasteiger partial charge is 0.255 e. The van der Waals surface area contributed by atoms with Crippen molar-refractivity contribution in [2.45, 2.75) is 37.9 Å². The Labute approximate surface area is 217 Å². The summed E-state index contributed by atoms with van der Waals surface area (Å²) in [7, 11) is 0. The number of anilines is 3. The van der Waals surface area contributed by atoms with Gasteiger partial charge in [0.05, 0.1) is 12.2 Å². The fourth-order valence-electron chi connectivity index (χ4n) is 4.97. The number of piperidine rings is 2. The number of carbonyl (C=O) groups is 2. The molecule has 5 rings (SSSR count). The van der Waals surface area contributed by atoms with Gasteiger partial charge in [0.1, 0.15) is 0 Å². The highest BCUT2D eigenvalue weighted by atomic mass is 16.3. The number of carbonyl (C=O) groups excluding carboxylic acids is 2. The van der Waals surface area contributed by atoms with E-state index in [0.29, 0.717) is 22.4 Å². The van der Waals surface area contributed by atoms with Crippen molar-refractivity contribution in [1.82, 2.24) is 0 Å². The standard InChI is InChI=1S/C30H33N3O4/c34-27-13-17-32(18-14-27)25-9-3-22(4-10-25)29(36)21-1-7-24(8-2-21)31-30(37)23-5-11-26(12-6-23)33-19-15-28(35)16-20-33/h1-12,27-28,34-35H,13-20H2,(H,31,37). The molecule has 0 radical (unpaired) electrons. The lowest BCUT2D eigenvalue weighted by molar-refractivity contribution is 0.102. The molecule has 0 aromatic heterocycles.